The molecule has 1 aromatic carbocycles. The summed E-state index contributed by atoms with van der Waals surface area (Å²) in [4.78, 5) is 42.3. The highest BCUT2D eigenvalue weighted by atomic mass is 32.2. The van der Waals surface area contributed by atoms with Gasteiger partial charge in [0.25, 0.3) is 0 Å². The summed E-state index contributed by atoms with van der Waals surface area (Å²) >= 11 is 0. The Kier molecular flexibility index (Phi) is 8.63. The lowest BCUT2D eigenvalue weighted by molar-refractivity contribution is -0.141. The van der Waals surface area contributed by atoms with E-state index in [1.165, 1.54) is 4.31 Å². The third-order valence-electron chi connectivity index (χ3n) is 7.93. The first-order chi connectivity index (χ1) is 19.1. The Morgan fingerprint density at radius 1 is 1.12 bits per heavy atom. The van der Waals surface area contributed by atoms with Crippen molar-refractivity contribution in [2.45, 2.75) is 65.2 Å². The summed E-state index contributed by atoms with van der Waals surface area (Å²) in [7, 11) is -1.99. The average Bonchev–Trinajstić information content (AvgIpc) is 3.59. The molecule has 0 radical (unpaired) electrons. The van der Waals surface area contributed by atoms with Crippen molar-refractivity contribution >= 4 is 33.6 Å². The number of para-hydroxylation sites is 1. The summed E-state index contributed by atoms with van der Waals surface area (Å²) in [5.41, 5.74) is 0.823. The maximum absolute atomic E-state index is 14.1. The Morgan fingerprint density at radius 3 is 2.37 bits per heavy atom. The Balaban J connectivity index is 1.66. The number of rotatable bonds is 8. The van der Waals surface area contributed by atoms with Gasteiger partial charge in [0.15, 0.2) is 0 Å². The van der Waals surface area contributed by atoms with Gasteiger partial charge in [0.1, 0.15) is 11.9 Å². The lowest BCUT2D eigenvalue weighted by Gasteiger charge is -2.37. The second-order valence-corrected chi connectivity index (χ2v) is 14.0. The summed E-state index contributed by atoms with van der Waals surface area (Å²) in [5, 5.41) is 13.2. The number of carbonyl (C=O) groups excluding carboxylic acids is 3. The number of sulfonamides is 1. The van der Waals surface area contributed by atoms with E-state index >= 15 is 0 Å². The van der Waals surface area contributed by atoms with Crippen molar-refractivity contribution in [1.82, 2.24) is 29.6 Å². The predicted octanol–water partition coefficient (Wildman–Crippen LogP) is 1.12. The second kappa shape index (κ2) is 11.5. The first-order valence-corrected chi connectivity index (χ1v) is 15.7. The molecule has 13 heteroatoms. The van der Waals surface area contributed by atoms with Gasteiger partial charge in [-0.2, -0.15) is 9.40 Å². The monoisotopic (exact) mass is 587 g/mol. The van der Waals surface area contributed by atoms with Gasteiger partial charge in [-0.1, -0.05) is 39.0 Å². The van der Waals surface area contributed by atoms with Crippen molar-refractivity contribution in [3.05, 3.63) is 42.1 Å². The number of anilines is 1. The largest absolute Gasteiger partial charge is 0.342 e. The van der Waals surface area contributed by atoms with Crippen LogP contribution < -0.4 is 16.0 Å². The van der Waals surface area contributed by atoms with E-state index in [9.17, 15) is 22.8 Å². The SMILES string of the molecule is CN[C@@H](C)C(=O)N[C@H](C(=O)N1CC[C@@H]2[C@H]1[C@@H](C(=O)Nc1cc(C)nn1-c1ccccc1)CN2S(C)(=O)=O)C(C)(C)C. The normalized spacial score (nSPS) is 22.7. The fraction of sp³-hybridized carbons (Fsp3) is 0.571. The van der Waals surface area contributed by atoms with Gasteiger partial charge in [0.2, 0.25) is 27.7 Å². The molecule has 224 valence electrons. The minimum absolute atomic E-state index is 0.0500. The van der Waals surface area contributed by atoms with Crippen molar-refractivity contribution < 1.29 is 22.8 Å². The first kappa shape index (κ1) is 30.7. The zero-order chi connectivity index (χ0) is 30.3. The van der Waals surface area contributed by atoms with Crippen LogP contribution in [0.5, 0.6) is 0 Å². The number of fused-ring (bicyclic) bond motifs is 1. The van der Waals surface area contributed by atoms with E-state index < -0.39 is 51.4 Å². The Bertz CT molecular complexity index is 1400. The Hall–Kier alpha value is -3.29. The molecule has 4 rings (SSSR count). The molecule has 0 saturated carbocycles. The van der Waals surface area contributed by atoms with Crippen molar-refractivity contribution in [3.8, 4) is 5.69 Å². The van der Waals surface area contributed by atoms with Gasteiger partial charge in [-0.25, -0.2) is 13.1 Å². The zero-order valence-electron chi connectivity index (χ0n) is 24.7. The topological polar surface area (TPSA) is 146 Å². The van der Waals surface area contributed by atoms with Crippen LogP contribution in [0.2, 0.25) is 0 Å². The minimum Gasteiger partial charge on any atom is -0.342 e. The predicted molar refractivity (Wildman–Crippen MR) is 156 cm³/mol. The van der Waals surface area contributed by atoms with Crippen LogP contribution in [0.25, 0.3) is 5.69 Å². The summed E-state index contributed by atoms with van der Waals surface area (Å²) < 4.78 is 28.5. The molecule has 3 heterocycles. The van der Waals surface area contributed by atoms with E-state index in [-0.39, 0.29) is 24.9 Å². The van der Waals surface area contributed by atoms with Gasteiger partial charge < -0.3 is 20.9 Å². The van der Waals surface area contributed by atoms with Crippen LogP contribution in [0.4, 0.5) is 5.82 Å². The van der Waals surface area contributed by atoms with E-state index in [0.717, 1.165) is 11.9 Å². The molecule has 12 nitrogen and oxygen atoms in total. The highest BCUT2D eigenvalue weighted by Crippen LogP contribution is 2.39. The number of nitrogens with one attached hydrogen (secondary N) is 3. The minimum atomic E-state index is -3.65. The molecule has 0 spiro atoms. The molecule has 2 aliphatic heterocycles. The van der Waals surface area contributed by atoms with Gasteiger partial charge in [-0.05, 0) is 44.9 Å². The molecule has 2 saturated heterocycles. The quantitative estimate of drug-likeness (QED) is 0.420. The fourth-order valence-electron chi connectivity index (χ4n) is 5.70. The molecule has 0 aliphatic carbocycles. The average molecular weight is 588 g/mol. The fourth-order valence-corrected chi connectivity index (χ4v) is 6.85. The molecule has 5 atom stereocenters. The molecule has 2 fully saturated rings. The van der Waals surface area contributed by atoms with Crippen LogP contribution in [0.15, 0.2) is 36.4 Å². The number of hydrogen-bond donors (Lipinski definition) is 3. The van der Waals surface area contributed by atoms with Gasteiger partial charge in [0, 0.05) is 25.2 Å². The Labute approximate surface area is 241 Å². The maximum Gasteiger partial charge on any atom is 0.246 e. The van der Waals surface area contributed by atoms with Crippen molar-refractivity contribution in [3.63, 3.8) is 0 Å². The zero-order valence-corrected chi connectivity index (χ0v) is 25.5. The summed E-state index contributed by atoms with van der Waals surface area (Å²) in [6.07, 6.45) is 1.52. The number of carbonyl (C=O) groups is 3. The third-order valence-corrected chi connectivity index (χ3v) is 9.21. The number of nitrogens with zero attached hydrogens (tertiary/aromatic N) is 4. The number of aromatic nitrogens is 2. The second-order valence-electron chi connectivity index (χ2n) is 12.0. The molecule has 3 amide bonds. The number of aryl methyl sites for hydroxylation is 1. The lowest BCUT2D eigenvalue weighted by Crippen LogP contribution is -2.59. The molecule has 0 bridgehead atoms. The number of benzene rings is 1. The van der Waals surface area contributed by atoms with Gasteiger partial charge >= 0.3 is 0 Å². The van der Waals surface area contributed by atoms with Crippen molar-refractivity contribution in [2.24, 2.45) is 11.3 Å². The smallest absolute Gasteiger partial charge is 0.246 e. The summed E-state index contributed by atoms with van der Waals surface area (Å²) in [6, 6.07) is 8.49. The van der Waals surface area contributed by atoms with E-state index in [4.69, 9.17) is 0 Å². The number of likely N-dealkylation sites (tertiary alicyclic amines) is 1. The molecule has 0 unspecified atom stereocenters. The van der Waals surface area contributed by atoms with E-state index in [1.807, 2.05) is 58.0 Å². The number of amides is 3. The van der Waals surface area contributed by atoms with Gasteiger partial charge in [-0.15, -0.1) is 0 Å². The van der Waals surface area contributed by atoms with Gasteiger partial charge in [-0.3, -0.25) is 14.4 Å². The Morgan fingerprint density at radius 2 is 1.78 bits per heavy atom. The van der Waals surface area contributed by atoms with Gasteiger partial charge in [0.05, 0.1) is 35.6 Å². The van der Waals surface area contributed by atoms with Crippen molar-refractivity contribution in [2.75, 3.05) is 31.7 Å². The number of hydrogen-bond acceptors (Lipinski definition) is 7. The van der Waals surface area contributed by atoms with Crippen LogP contribution in [0.1, 0.15) is 39.8 Å². The number of likely N-dealkylation sites (N-methyl/N-ethyl adjacent to an activating group) is 1. The molecule has 3 N–H and O–H groups in total. The highest BCUT2D eigenvalue weighted by molar-refractivity contribution is 7.88. The van der Waals surface area contributed by atoms with Crippen molar-refractivity contribution in [1.29, 1.82) is 0 Å². The van der Waals surface area contributed by atoms with Crippen LogP contribution in [-0.2, 0) is 24.4 Å². The van der Waals surface area contributed by atoms with E-state index in [1.54, 1.807) is 29.6 Å². The van der Waals surface area contributed by atoms with E-state index in [2.05, 4.69) is 21.0 Å². The molecule has 41 heavy (non-hydrogen) atoms. The van der Waals surface area contributed by atoms with Crippen LogP contribution in [0.3, 0.4) is 0 Å². The molecular formula is C28H41N7O5S. The molecule has 1 aromatic heterocycles. The standard InChI is InChI=1S/C28H41N7O5S/c1-17-15-22(35(32-17)19-11-9-8-10-12-19)30-26(37)20-16-34(41(7,39)40)21-13-14-33(23(20)21)27(38)24(28(3,4)5)31-25(36)18(2)29-6/h8-12,15,18,20-21,23-24,29H,13-14,16H2,1-7H3,(H,30,37)(H,31,36)/t18-,20-,21+,23+,24+/m0/s1. The lowest BCUT2D eigenvalue weighted by atomic mass is 9.85. The van der Waals surface area contributed by atoms with Crippen LogP contribution >= 0.6 is 0 Å². The molecular weight excluding hydrogens is 546 g/mol. The van der Waals surface area contributed by atoms with Crippen LogP contribution in [-0.4, -0.2) is 95.7 Å². The molecule has 2 aliphatic rings. The van der Waals surface area contributed by atoms with Crippen LogP contribution in [0, 0.1) is 18.3 Å². The van der Waals surface area contributed by atoms with E-state index in [0.29, 0.717) is 17.9 Å². The summed E-state index contributed by atoms with van der Waals surface area (Å²) in [5.74, 6) is -1.43. The highest BCUT2D eigenvalue weighted by Gasteiger charge is 2.56. The summed E-state index contributed by atoms with van der Waals surface area (Å²) in [6.45, 7) is 9.33. The maximum atomic E-state index is 14.1. The third kappa shape index (κ3) is 6.31. The first-order valence-electron chi connectivity index (χ1n) is 13.8. The molecule has 2 aromatic rings.